The lowest BCUT2D eigenvalue weighted by Crippen LogP contribution is -2.29. The number of hydrogen-bond donors (Lipinski definition) is 0. The highest BCUT2D eigenvalue weighted by molar-refractivity contribution is 5.21. The zero-order chi connectivity index (χ0) is 13.2. The number of ether oxygens (including phenoxy) is 2. The minimum Gasteiger partial charge on any atom is -0.348 e. The van der Waals surface area contributed by atoms with Crippen molar-refractivity contribution in [2.45, 2.75) is 31.7 Å². The predicted octanol–water partition coefficient (Wildman–Crippen LogP) is 2.20. The van der Waals surface area contributed by atoms with Gasteiger partial charge in [-0.15, -0.1) is 0 Å². The molecule has 1 aliphatic rings. The second kappa shape index (κ2) is 5.04. The Morgan fingerprint density at radius 3 is 2.61 bits per heavy atom. The number of rotatable bonds is 4. The molecular weight excluding hydrogens is 234 g/mol. The fourth-order valence-electron chi connectivity index (χ4n) is 2.21. The van der Waals surface area contributed by atoms with Crippen LogP contribution in [0.5, 0.6) is 0 Å². The van der Waals surface area contributed by atoms with Crippen LogP contribution in [-0.4, -0.2) is 30.0 Å². The van der Waals surface area contributed by atoms with E-state index in [4.69, 9.17) is 9.47 Å². The molecule has 1 unspecified atom stereocenters. The smallest absolute Gasteiger partial charge is 0.213 e. The Hall–Kier alpha value is -1.46. The third kappa shape index (κ3) is 3.05. The molecule has 1 aromatic carbocycles. The number of benzene rings is 1. The molecule has 18 heavy (non-hydrogen) atoms. The van der Waals surface area contributed by atoms with Gasteiger partial charge in [0.25, 0.3) is 0 Å². The van der Waals surface area contributed by atoms with Crippen molar-refractivity contribution in [1.29, 1.82) is 0 Å². The minimum absolute atomic E-state index is 0.145. The van der Waals surface area contributed by atoms with Crippen LogP contribution in [0.2, 0.25) is 0 Å². The standard InChI is InChI=1S/C13H17NO4/c1-13(2)17-9-12(18-13)11(8-14(15)16)10-6-4-3-5-7-10/h3-7,11-12H,8-9H2,1-2H3/t11-,12?/m0/s1. The number of hydrogen-bond acceptors (Lipinski definition) is 4. The largest absolute Gasteiger partial charge is 0.348 e. The lowest BCUT2D eigenvalue weighted by molar-refractivity contribution is -0.485. The molecule has 1 fully saturated rings. The van der Waals surface area contributed by atoms with Crippen molar-refractivity contribution in [2.75, 3.05) is 13.2 Å². The molecular formula is C13H17NO4. The Balaban J connectivity index is 2.19. The second-order valence-electron chi connectivity index (χ2n) is 4.90. The summed E-state index contributed by atoms with van der Waals surface area (Å²) in [4.78, 5) is 10.5. The fourth-order valence-corrected chi connectivity index (χ4v) is 2.21. The van der Waals surface area contributed by atoms with Gasteiger partial charge in [0.15, 0.2) is 5.79 Å². The van der Waals surface area contributed by atoms with E-state index in [0.29, 0.717) is 6.61 Å². The van der Waals surface area contributed by atoms with E-state index in [1.807, 2.05) is 44.2 Å². The summed E-state index contributed by atoms with van der Waals surface area (Å²) >= 11 is 0. The summed E-state index contributed by atoms with van der Waals surface area (Å²) in [7, 11) is 0. The third-order valence-electron chi connectivity index (χ3n) is 3.05. The molecule has 1 heterocycles. The highest BCUT2D eigenvalue weighted by Crippen LogP contribution is 2.32. The maximum atomic E-state index is 10.8. The summed E-state index contributed by atoms with van der Waals surface area (Å²) in [6, 6.07) is 9.43. The predicted molar refractivity (Wildman–Crippen MR) is 65.9 cm³/mol. The molecule has 5 nitrogen and oxygen atoms in total. The van der Waals surface area contributed by atoms with Gasteiger partial charge in [-0.1, -0.05) is 30.3 Å². The summed E-state index contributed by atoms with van der Waals surface area (Å²) in [5.41, 5.74) is 0.917. The van der Waals surface area contributed by atoms with Crippen LogP contribution in [0.15, 0.2) is 30.3 Å². The van der Waals surface area contributed by atoms with Gasteiger partial charge in [0.05, 0.1) is 18.6 Å². The molecule has 0 N–H and O–H groups in total. The van der Waals surface area contributed by atoms with E-state index in [2.05, 4.69) is 0 Å². The Morgan fingerprint density at radius 2 is 2.11 bits per heavy atom. The summed E-state index contributed by atoms with van der Waals surface area (Å²) in [5.74, 6) is -0.933. The maximum absolute atomic E-state index is 10.8. The van der Waals surface area contributed by atoms with E-state index < -0.39 is 5.79 Å². The van der Waals surface area contributed by atoms with Crippen molar-refractivity contribution in [1.82, 2.24) is 0 Å². The molecule has 2 atom stereocenters. The average Bonchev–Trinajstić information content (AvgIpc) is 2.67. The first-order valence-electron chi connectivity index (χ1n) is 5.96. The SMILES string of the molecule is CC1(C)OCC([C@@H](C[N+](=O)[O-])c2ccccc2)O1. The first kappa shape index (κ1) is 13.0. The zero-order valence-corrected chi connectivity index (χ0v) is 10.5. The van der Waals surface area contributed by atoms with Gasteiger partial charge in [-0.05, 0) is 19.4 Å². The van der Waals surface area contributed by atoms with Gasteiger partial charge >= 0.3 is 0 Å². The molecule has 0 spiro atoms. The summed E-state index contributed by atoms with van der Waals surface area (Å²) in [5, 5.41) is 10.8. The van der Waals surface area contributed by atoms with Crippen molar-refractivity contribution in [3.05, 3.63) is 46.0 Å². The first-order valence-corrected chi connectivity index (χ1v) is 5.96. The maximum Gasteiger partial charge on any atom is 0.213 e. The van der Waals surface area contributed by atoms with E-state index in [0.717, 1.165) is 5.56 Å². The lowest BCUT2D eigenvalue weighted by atomic mass is 9.94. The van der Waals surface area contributed by atoms with Gasteiger partial charge in [-0.3, -0.25) is 10.1 Å². The Bertz CT molecular complexity index is 418. The van der Waals surface area contributed by atoms with Crippen molar-refractivity contribution in [2.24, 2.45) is 0 Å². The molecule has 0 bridgehead atoms. The van der Waals surface area contributed by atoms with E-state index in [1.165, 1.54) is 0 Å². The van der Waals surface area contributed by atoms with Crippen LogP contribution < -0.4 is 0 Å². The van der Waals surface area contributed by atoms with Crippen LogP contribution >= 0.6 is 0 Å². The molecule has 1 saturated heterocycles. The van der Waals surface area contributed by atoms with Gasteiger partial charge in [-0.2, -0.15) is 0 Å². The van der Waals surface area contributed by atoms with Crippen LogP contribution in [0.25, 0.3) is 0 Å². The molecule has 1 aliphatic heterocycles. The highest BCUT2D eigenvalue weighted by atomic mass is 16.7. The molecule has 2 rings (SSSR count). The van der Waals surface area contributed by atoms with Crippen molar-refractivity contribution in [3.8, 4) is 0 Å². The van der Waals surface area contributed by atoms with Crippen LogP contribution in [0.3, 0.4) is 0 Å². The zero-order valence-electron chi connectivity index (χ0n) is 10.5. The van der Waals surface area contributed by atoms with E-state index >= 15 is 0 Å². The van der Waals surface area contributed by atoms with Gasteiger partial charge in [0.2, 0.25) is 6.54 Å². The normalized spacial score (nSPS) is 23.8. The molecule has 5 heteroatoms. The molecule has 0 saturated carbocycles. The van der Waals surface area contributed by atoms with Crippen LogP contribution in [0.4, 0.5) is 0 Å². The second-order valence-corrected chi connectivity index (χ2v) is 4.90. The Labute approximate surface area is 106 Å². The van der Waals surface area contributed by atoms with Gasteiger partial charge in [0.1, 0.15) is 0 Å². The van der Waals surface area contributed by atoms with Gasteiger partial charge in [-0.25, -0.2) is 0 Å². The van der Waals surface area contributed by atoms with E-state index in [1.54, 1.807) is 0 Å². The molecule has 1 aromatic rings. The molecule has 0 radical (unpaired) electrons. The van der Waals surface area contributed by atoms with Crippen LogP contribution in [0.1, 0.15) is 25.3 Å². The Kier molecular flexibility index (Phi) is 3.63. The first-order chi connectivity index (χ1) is 8.48. The molecule has 0 amide bonds. The monoisotopic (exact) mass is 251 g/mol. The topological polar surface area (TPSA) is 61.6 Å². The summed E-state index contributed by atoms with van der Waals surface area (Å²) in [6.07, 6.45) is -0.271. The summed E-state index contributed by atoms with van der Waals surface area (Å²) < 4.78 is 11.2. The quantitative estimate of drug-likeness (QED) is 0.608. The van der Waals surface area contributed by atoms with Gasteiger partial charge in [0, 0.05) is 4.92 Å². The van der Waals surface area contributed by atoms with Crippen molar-refractivity contribution >= 4 is 0 Å². The molecule has 98 valence electrons. The molecule has 0 aliphatic carbocycles. The number of nitrogens with zero attached hydrogens (tertiary/aromatic N) is 1. The van der Waals surface area contributed by atoms with Crippen molar-refractivity contribution in [3.63, 3.8) is 0 Å². The Morgan fingerprint density at radius 1 is 1.44 bits per heavy atom. The third-order valence-corrected chi connectivity index (χ3v) is 3.05. The summed E-state index contributed by atoms with van der Waals surface area (Å²) in [6.45, 7) is 3.89. The average molecular weight is 251 g/mol. The van der Waals surface area contributed by atoms with E-state index in [9.17, 15) is 10.1 Å². The number of nitro groups is 1. The molecule has 0 aromatic heterocycles. The van der Waals surface area contributed by atoms with Crippen LogP contribution in [0, 0.1) is 10.1 Å². The highest BCUT2D eigenvalue weighted by Gasteiger charge is 2.39. The van der Waals surface area contributed by atoms with Gasteiger partial charge < -0.3 is 9.47 Å². The lowest BCUT2D eigenvalue weighted by Gasteiger charge is -2.21. The fraction of sp³-hybridized carbons (Fsp3) is 0.538. The minimum atomic E-state index is -0.658. The van der Waals surface area contributed by atoms with E-state index in [-0.39, 0.29) is 23.5 Å². The van der Waals surface area contributed by atoms with Crippen LogP contribution in [-0.2, 0) is 9.47 Å². The van der Waals surface area contributed by atoms with Crippen molar-refractivity contribution < 1.29 is 14.4 Å².